The van der Waals surface area contributed by atoms with Gasteiger partial charge >= 0.3 is 5.97 Å². The lowest BCUT2D eigenvalue weighted by molar-refractivity contribution is 0.0695. The number of fused-ring (bicyclic) bond motifs is 1. The Bertz CT molecular complexity index is 1780. The molecule has 1 atom stereocenters. The Labute approximate surface area is 263 Å². The van der Waals surface area contributed by atoms with Crippen molar-refractivity contribution in [2.45, 2.75) is 24.9 Å². The zero-order valence-corrected chi connectivity index (χ0v) is 25.8. The molecule has 2 aliphatic heterocycles. The van der Waals surface area contributed by atoms with Crippen LogP contribution in [0.3, 0.4) is 0 Å². The number of carboxylic acid groups (broad SMARTS) is 1. The van der Waals surface area contributed by atoms with Crippen LogP contribution in [0.1, 0.15) is 23.2 Å². The van der Waals surface area contributed by atoms with Crippen LogP contribution in [0.15, 0.2) is 53.7 Å². The Morgan fingerprint density at radius 1 is 1.09 bits per heavy atom. The molecule has 2 fully saturated rings. The summed E-state index contributed by atoms with van der Waals surface area (Å²) in [6.45, 7) is 2.70. The van der Waals surface area contributed by atoms with E-state index in [1.807, 2.05) is 14.1 Å². The van der Waals surface area contributed by atoms with Crippen molar-refractivity contribution >= 4 is 63.2 Å². The third-order valence-corrected chi connectivity index (χ3v) is 9.02. The quantitative estimate of drug-likeness (QED) is 0.276. The Hall–Kier alpha value is -3.57. The molecule has 2 saturated heterocycles. The monoisotopic (exact) mass is 642 g/mol. The molecule has 4 aromatic rings. The van der Waals surface area contributed by atoms with Gasteiger partial charge in [-0.1, -0.05) is 34.8 Å². The summed E-state index contributed by atoms with van der Waals surface area (Å²) in [5.74, 6) is -0.259. The molecular weight excluding hydrogens is 615 g/mol. The van der Waals surface area contributed by atoms with Crippen molar-refractivity contribution < 1.29 is 14.6 Å². The van der Waals surface area contributed by atoms with E-state index in [9.17, 15) is 14.7 Å². The predicted molar refractivity (Wildman–Crippen MR) is 169 cm³/mol. The first-order chi connectivity index (χ1) is 20.6. The highest BCUT2D eigenvalue weighted by atomic mass is 35.5. The second-order valence-electron chi connectivity index (χ2n) is 11.0. The van der Waals surface area contributed by atoms with Crippen LogP contribution in [0.25, 0.3) is 16.6 Å². The van der Waals surface area contributed by atoms with E-state index in [1.54, 1.807) is 41.2 Å². The Morgan fingerprint density at radius 2 is 1.86 bits per heavy atom. The van der Waals surface area contributed by atoms with Crippen LogP contribution >= 0.6 is 34.8 Å². The molecule has 0 amide bonds. The van der Waals surface area contributed by atoms with Crippen molar-refractivity contribution in [3.8, 4) is 11.6 Å². The maximum Gasteiger partial charge on any atom is 0.341 e. The number of aromatic nitrogens is 3. The van der Waals surface area contributed by atoms with Gasteiger partial charge in [-0.2, -0.15) is 0 Å². The van der Waals surface area contributed by atoms with Gasteiger partial charge in [-0.25, -0.2) is 14.8 Å². The number of ether oxygens (including phenoxy) is 1. The van der Waals surface area contributed by atoms with Gasteiger partial charge < -0.3 is 29.1 Å². The fourth-order valence-electron chi connectivity index (χ4n) is 5.62. The molecule has 224 valence electrons. The summed E-state index contributed by atoms with van der Waals surface area (Å²) in [7, 11) is 4.09. The zero-order valence-electron chi connectivity index (χ0n) is 23.5. The SMILES string of the molecule is CN(C)C1CN(c2cc(Cl)c(-n3cc(C(=O)O)c(=O)c4cc(Cl)c(N5CCC[C@@H]5COc5ncccc5Cl)cc43)cn2)C1. The minimum absolute atomic E-state index is 0.0291. The smallest absolute Gasteiger partial charge is 0.341 e. The molecule has 0 saturated carbocycles. The van der Waals surface area contributed by atoms with E-state index in [1.165, 1.54) is 12.3 Å². The number of aromatic carboxylic acids is 1. The first kappa shape index (κ1) is 29.5. The van der Waals surface area contributed by atoms with Gasteiger partial charge in [0.15, 0.2) is 0 Å². The van der Waals surface area contributed by atoms with Gasteiger partial charge in [0, 0.05) is 49.5 Å². The van der Waals surface area contributed by atoms with Crippen molar-refractivity contribution in [1.29, 1.82) is 0 Å². The number of halogens is 3. The summed E-state index contributed by atoms with van der Waals surface area (Å²) in [5, 5.41) is 11.1. The van der Waals surface area contributed by atoms with Crippen molar-refractivity contribution in [3.63, 3.8) is 0 Å². The number of carbonyl (C=O) groups is 1. The molecule has 13 heteroatoms. The second-order valence-corrected chi connectivity index (χ2v) is 12.2. The normalized spacial score (nSPS) is 17.1. The van der Waals surface area contributed by atoms with E-state index in [0.717, 1.165) is 31.7 Å². The fraction of sp³-hybridized carbons (Fsp3) is 0.333. The van der Waals surface area contributed by atoms with Crippen molar-refractivity contribution in [2.75, 3.05) is 50.1 Å². The van der Waals surface area contributed by atoms with Crippen molar-refractivity contribution in [3.05, 3.63) is 79.8 Å². The van der Waals surface area contributed by atoms with Gasteiger partial charge in [-0.05, 0) is 51.2 Å². The average Bonchev–Trinajstić information content (AvgIpc) is 3.40. The van der Waals surface area contributed by atoms with Crippen LogP contribution in [0, 0.1) is 0 Å². The fourth-order valence-corrected chi connectivity index (χ4v) is 6.30. The molecular formula is C30H29Cl3N6O4. The van der Waals surface area contributed by atoms with Crippen LogP contribution in [0.2, 0.25) is 15.1 Å². The van der Waals surface area contributed by atoms with Gasteiger partial charge in [0.25, 0.3) is 0 Å². The number of hydrogen-bond acceptors (Lipinski definition) is 8. The van der Waals surface area contributed by atoms with Crippen LogP contribution in [-0.2, 0) is 0 Å². The molecule has 0 bridgehead atoms. The third kappa shape index (κ3) is 5.60. The standard InChI is InChI=1S/C30H29Cl3N6O4/c1-36(2)18-13-37(14-18)27-10-23(33)26(12-35-27)39-15-20(30(41)42)28(40)19-9-22(32)25(11-24(19)39)38-8-4-5-17(38)16-43-29-21(31)6-3-7-34-29/h3,6-7,9-12,15,17-18H,4-5,8,13-14,16H2,1-2H3,(H,41,42)/t17-/m1/s1. The van der Waals surface area contributed by atoms with E-state index in [0.29, 0.717) is 57.0 Å². The molecule has 43 heavy (non-hydrogen) atoms. The highest BCUT2D eigenvalue weighted by molar-refractivity contribution is 6.34. The largest absolute Gasteiger partial charge is 0.477 e. The first-order valence-electron chi connectivity index (χ1n) is 13.8. The molecule has 0 unspecified atom stereocenters. The molecule has 6 rings (SSSR count). The topological polar surface area (TPSA) is 104 Å². The molecule has 5 heterocycles. The van der Waals surface area contributed by atoms with E-state index < -0.39 is 17.0 Å². The lowest BCUT2D eigenvalue weighted by Crippen LogP contribution is -2.57. The number of nitrogens with zero attached hydrogens (tertiary/aromatic N) is 6. The number of benzene rings is 1. The van der Waals surface area contributed by atoms with Gasteiger partial charge in [-0.15, -0.1) is 0 Å². The maximum atomic E-state index is 13.3. The maximum absolute atomic E-state index is 13.3. The number of carboxylic acids is 1. The first-order valence-corrected chi connectivity index (χ1v) is 14.9. The molecule has 3 aromatic heterocycles. The van der Waals surface area contributed by atoms with Crippen LogP contribution in [0.5, 0.6) is 5.88 Å². The number of hydrogen-bond donors (Lipinski definition) is 1. The Morgan fingerprint density at radius 3 is 2.56 bits per heavy atom. The molecule has 10 nitrogen and oxygen atoms in total. The van der Waals surface area contributed by atoms with E-state index in [-0.39, 0.29) is 11.4 Å². The summed E-state index contributed by atoms with van der Waals surface area (Å²) in [5.41, 5.74) is 0.574. The van der Waals surface area contributed by atoms with Crippen LogP contribution in [-0.4, -0.2) is 82.9 Å². The summed E-state index contributed by atoms with van der Waals surface area (Å²) in [4.78, 5) is 40.6. The lowest BCUT2D eigenvalue weighted by atomic mass is 10.1. The summed E-state index contributed by atoms with van der Waals surface area (Å²) in [6, 6.07) is 8.96. The van der Waals surface area contributed by atoms with Gasteiger partial charge in [0.1, 0.15) is 23.0 Å². The molecule has 1 N–H and O–H groups in total. The van der Waals surface area contributed by atoms with E-state index >= 15 is 0 Å². The lowest BCUT2D eigenvalue weighted by Gasteiger charge is -2.43. The number of likely N-dealkylation sites (N-methyl/N-ethyl adjacent to an activating group) is 1. The van der Waals surface area contributed by atoms with Gasteiger partial charge in [-0.3, -0.25) is 4.79 Å². The summed E-state index contributed by atoms with van der Waals surface area (Å²) < 4.78 is 7.56. The Kier molecular flexibility index (Phi) is 8.12. The Balaban J connectivity index is 1.39. The minimum atomic E-state index is -1.35. The number of rotatable bonds is 8. The highest BCUT2D eigenvalue weighted by Gasteiger charge is 2.31. The van der Waals surface area contributed by atoms with E-state index in [2.05, 4.69) is 24.7 Å². The van der Waals surface area contributed by atoms with Gasteiger partial charge in [0.2, 0.25) is 11.3 Å². The van der Waals surface area contributed by atoms with E-state index in [4.69, 9.17) is 39.5 Å². The van der Waals surface area contributed by atoms with Gasteiger partial charge in [0.05, 0.1) is 39.2 Å². The second kappa shape index (κ2) is 11.8. The molecule has 2 aliphatic rings. The number of anilines is 2. The van der Waals surface area contributed by atoms with Crippen LogP contribution in [0.4, 0.5) is 11.5 Å². The zero-order chi connectivity index (χ0) is 30.4. The van der Waals surface area contributed by atoms with Crippen molar-refractivity contribution in [1.82, 2.24) is 19.4 Å². The summed E-state index contributed by atoms with van der Waals surface area (Å²) >= 11 is 19.8. The summed E-state index contributed by atoms with van der Waals surface area (Å²) in [6.07, 6.45) is 6.28. The average molecular weight is 644 g/mol. The molecule has 0 spiro atoms. The minimum Gasteiger partial charge on any atom is -0.477 e. The molecule has 0 radical (unpaired) electrons. The van der Waals surface area contributed by atoms with Crippen molar-refractivity contribution in [2.24, 2.45) is 0 Å². The highest BCUT2D eigenvalue weighted by Crippen LogP contribution is 2.37. The van der Waals surface area contributed by atoms with Crippen LogP contribution < -0.4 is 20.0 Å². The number of pyridine rings is 3. The third-order valence-electron chi connectivity index (χ3n) is 8.12. The molecule has 0 aliphatic carbocycles. The molecule has 1 aromatic carbocycles. The predicted octanol–water partition coefficient (Wildman–Crippen LogP) is 5.24.